The normalized spacial score (nSPS) is 20.7. The molecule has 4 nitrogen and oxygen atoms in total. The Morgan fingerprint density at radius 2 is 1.48 bits per heavy atom. The molecule has 1 aliphatic carbocycles. The van der Waals surface area contributed by atoms with Gasteiger partial charge in [0, 0.05) is 18.2 Å². The third-order valence-corrected chi connectivity index (χ3v) is 4.62. The molecule has 0 aromatic heterocycles. The van der Waals surface area contributed by atoms with E-state index in [0.29, 0.717) is 31.5 Å². The summed E-state index contributed by atoms with van der Waals surface area (Å²) in [5.74, 6) is -1.11. The van der Waals surface area contributed by atoms with Crippen LogP contribution in [0.1, 0.15) is 36.8 Å². The topological polar surface area (TPSA) is 49.4 Å². The van der Waals surface area contributed by atoms with Crippen molar-refractivity contribution >= 4 is 17.5 Å². The number of halogens is 6. The van der Waals surface area contributed by atoms with Crippen LogP contribution >= 0.6 is 0 Å². The number of amides is 2. The Morgan fingerprint density at radius 1 is 0.926 bits per heavy atom. The van der Waals surface area contributed by atoms with E-state index in [-0.39, 0.29) is 17.9 Å². The fourth-order valence-corrected chi connectivity index (χ4v) is 3.12. The molecule has 148 valence electrons. The number of rotatable bonds is 3. The summed E-state index contributed by atoms with van der Waals surface area (Å²) in [6.45, 7) is 0.351. The Balaban J connectivity index is 1.83. The van der Waals surface area contributed by atoms with Crippen molar-refractivity contribution in [3.63, 3.8) is 0 Å². The summed E-state index contributed by atoms with van der Waals surface area (Å²) in [6.07, 6.45) is -7.68. The first-order chi connectivity index (χ1) is 12.5. The van der Waals surface area contributed by atoms with Crippen LogP contribution in [0.5, 0.6) is 0 Å². The quantitative estimate of drug-likeness (QED) is 0.786. The molecule has 1 heterocycles. The molecule has 2 fully saturated rings. The lowest BCUT2D eigenvalue weighted by molar-refractivity contribution is -0.143. The number of hydrogen-bond acceptors (Lipinski definition) is 2. The molecule has 0 spiro atoms. The number of benzene rings is 1. The molecule has 1 saturated carbocycles. The molecule has 1 saturated heterocycles. The first-order valence-electron chi connectivity index (χ1n) is 8.37. The van der Waals surface area contributed by atoms with Gasteiger partial charge in [-0.2, -0.15) is 26.3 Å². The van der Waals surface area contributed by atoms with Crippen molar-refractivity contribution in [2.45, 2.75) is 44.1 Å². The minimum atomic E-state index is -5.00. The van der Waals surface area contributed by atoms with Crippen LogP contribution in [0.3, 0.4) is 0 Å². The summed E-state index contributed by atoms with van der Waals surface area (Å²) >= 11 is 0. The van der Waals surface area contributed by atoms with E-state index in [2.05, 4.69) is 5.32 Å². The summed E-state index contributed by atoms with van der Waals surface area (Å²) in [4.78, 5) is 26.0. The van der Waals surface area contributed by atoms with Crippen LogP contribution in [-0.2, 0) is 21.9 Å². The molecule has 3 rings (SSSR count). The highest BCUT2D eigenvalue weighted by Crippen LogP contribution is 2.38. The van der Waals surface area contributed by atoms with Gasteiger partial charge in [-0.25, -0.2) is 0 Å². The van der Waals surface area contributed by atoms with E-state index in [4.69, 9.17) is 0 Å². The SMILES string of the molecule is O=C(Nc1cc(C(F)(F)F)cc(C(F)(F)F)c1)C1CCCN1C(=O)C1CC1. The van der Waals surface area contributed by atoms with E-state index >= 15 is 0 Å². The lowest BCUT2D eigenvalue weighted by Crippen LogP contribution is -2.43. The number of alkyl halides is 6. The van der Waals surface area contributed by atoms with Crippen molar-refractivity contribution in [2.24, 2.45) is 5.92 Å². The fourth-order valence-electron chi connectivity index (χ4n) is 3.12. The minimum absolute atomic E-state index is 0.00580. The Bertz CT molecular complexity index is 723. The molecular formula is C17H16F6N2O2. The predicted molar refractivity (Wildman–Crippen MR) is 82.5 cm³/mol. The second-order valence-corrected chi connectivity index (χ2v) is 6.75. The Hall–Kier alpha value is -2.26. The van der Waals surface area contributed by atoms with Crippen LogP contribution in [0.2, 0.25) is 0 Å². The van der Waals surface area contributed by atoms with Crippen molar-refractivity contribution in [1.29, 1.82) is 0 Å². The van der Waals surface area contributed by atoms with Gasteiger partial charge in [-0.3, -0.25) is 9.59 Å². The molecule has 27 heavy (non-hydrogen) atoms. The van der Waals surface area contributed by atoms with Gasteiger partial charge >= 0.3 is 12.4 Å². The average Bonchev–Trinajstić information content (AvgIpc) is 3.28. The summed E-state index contributed by atoms with van der Waals surface area (Å²) < 4.78 is 77.4. The second kappa shape index (κ2) is 6.72. The van der Waals surface area contributed by atoms with E-state index in [1.165, 1.54) is 4.90 Å². The van der Waals surface area contributed by atoms with Crippen molar-refractivity contribution in [3.8, 4) is 0 Å². The van der Waals surface area contributed by atoms with Gasteiger partial charge in [0.25, 0.3) is 0 Å². The first-order valence-corrected chi connectivity index (χ1v) is 8.37. The molecule has 1 N–H and O–H groups in total. The number of likely N-dealkylation sites (tertiary alicyclic amines) is 1. The zero-order valence-electron chi connectivity index (χ0n) is 14.0. The molecule has 1 unspecified atom stereocenters. The van der Waals surface area contributed by atoms with Gasteiger partial charge in [0.05, 0.1) is 11.1 Å². The van der Waals surface area contributed by atoms with Crippen LogP contribution in [0.25, 0.3) is 0 Å². The summed E-state index contributed by atoms with van der Waals surface area (Å²) in [7, 11) is 0. The number of nitrogens with zero attached hydrogens (tertiary/aromatic N) is 1. The Labute approximate surface area is 150 Å². The van der Waals surface area contributed by atoms with Gasteiger partial charge in [0.1, 0.15) is 6.04 Å². The predicted octanol–water partition coefficient (Wildman–Crippen LogP) is 4.06. The Kier molecular flexibility index (Phi) is 4.85. The van der Waals surface area contributed by atoms with E-state index in [1.54, 1.807) is 0 Å². The van der Waals surface area contributed by atoms with Gasteiger partial charge in [0.2, 0.25) is 11.8 Å². The molecule has 2 aliphatic rings. The highest BCUT2D eigenvalue weighted by Gasteiger charge is 2.41. The van der Waals surface area contributed by atoms with Gasteiger partial charge < -0.3 is 10.2 Å². The molecule has 1 aromatic rings. The molecule has 0 radical (unpaired) electrons. The summed E-state index contributed by atoms with van der Waals surface area (Å²) in [6, 6.07) is 0.0142. The van der Waals surface area contributed by atoms with Crippen LogP contribution < -0.4 is 5.32 Å². The third kappa shape index (κ3) is 4.36. The molecule has 1 aromatic carbocycles. The zero-order valence-corrected chi connectivity index (χ0v) is 14.0. The van der Waals surface area contributed by atoms with Crippen LogP contribution in [-0.4, -0.2) is 29.3 Å². The highest BCUT2D eigenvalue weighted by molar-refractivity contribution is 5.98. The Morgan fingerprint density at radius 3 is 1.96 bits per heavy atom. The molecular weight excluding hydrogens is 378 g/mol. The van der Waals surface area contributed by atoms with Gasteiger partial charge in [0.15, 0.2) is 0 Å². The van der Waals surface area contributed by atoms with E-state index in [0.717, 1.165) is 12.8 Å². The summed E-state index contributed by atoms with van der Waals surface area (Å²) in [5.41, 5.74) is -3.62. The molecule has 2 amide bonds. The fraction of sp³-hybridized carbons (Fsp3) is 0.529. The second-order valence-electron chi connectivity index (χ2n) is 6.75. The average molecular weight is 394 g/mol. The third-order valence-electron chi connectivity index (χ3n) is 4.62. The van der Waals surface area contributed by atoms with Crippen LogP contribution in [0, 0.1) is 5.92 Å². The number of anilines is 1. The minimum Gasteiger partial charge on any atom is -0.330 e. The maximum Gasteiger partial charge on any atom is 0.416 e. The maximum atomic E-state index is 12.9. The van der Waals surface area contributed by atoms with Crippen LogP contribution in [0.4, 0.5) is 32.0 Å². The smallest absolute Gasteiger partial charge is 0.330 e. The number of carbonyl (C=O) groups excluding carboxylic acids is 2. The molecule has 1 atom stereocenters. The van der Waals surface area contributed by atoms with Crippen LogP contribution in [0.15, 0.2) is 18.2 Å². The zero-order chi connectivity index (χ0) is 20.0. The van der Waals surface area contributed by atoms with Crippen molar-refractivity contribution in [2.75, 3.05) is 11.9 Å². The van der Waals surface area contributed by atoms with Gasteiger partial charge in [-0.1, -0.05) is 0 Å². The lowest BCUT2D eigenvalue weighted by atomic mass is 10.1. The van der Waals surface area contributed by atoms with E-state index in [1.807, 2.05) is 0 Å². The monoisotopic (exact) mass is 394 g/mol. The van der Waals surface area contributed by atoms with Crippen molar-refractivity contribution in [1.82, 2.24) is 4.90 Å². The highest BCUT2D eigenvalue weighted by atomic mass is 19.4. The summed E-state index contributed by atoms with van der Waals surface area (Å²) in [5, 5.41) is 2.12. The lowest BCUT2D eigenvalue weighted by Gasteiger charge is -2.24. The number of nitrogens with one attached hydrogen (secondary N) is 1. The standard InChI is InChI=1S/C17H16F6N2O2/c18-16(19,20)10-6-11(17(21,22)23)8-12(7-10)24-14(26)13-2-1-5-25(13)15(27)9-3-4-9/h6-9,13H,1-5H2,(H,24,26). The molecule has 0 bridgehead atoms. The number of hydrogen-bond donors (Lipinski definition) is 1. The molecule has 1 aliphatic heterocycles. The van der Waals surface area contributed by atoms with E-state index < -0.39 is 41.1 Å². The maximum absolute atomic E-state index is 12.9. The van der Waals surface area contributed by atoms with Gasteiger partial charge in [-0.05, 0) is 43.9 Å². The number of carbonyl (C=O) groups is 2. The van der Waals surface area contributed by atoms with Crippen molar-refractivity contribution < 1.29 is 35.9 Å². The van der Waals surface area contributed by atoms with Crippen molar-refractivity contribution in [3.05, 3.63) is 29.3 Å². The molecule has 10 heteroatoms. The van der Waals surface area contributed by atoms with Gasteiger partial charge in [-0.15, -0.1) is 0 Å². The largest absolute Gasteiger partial charge is 0.416 e. The first kappa shape index (κ1) is 19.5. The van der Waals surface area contributed by atoms with E-state index in [9.17, 15) is 35.9 Å².